The van der Waals surface area contributed by atoms with E-state index in [0.717, 1.165) is 28.6 Å². The van der Waals surface area contributed by atoms with Gasteiger partial charge in [0.1, 0.15) is 0 Å². The fourth-order valence-electron chi connectivity index (χ4n) is 3.16. The lowest BCUT2D eigenvalue weighted by Gasteiger charge is -2.23. The Kier molecular flexibility index (Phi) is 4.77. The molecule has 0 bridgehead atoms. The highest BCUT2D eigenvalue weighted by Crippen LogP contribution is 2.37. The monoisotopic (exact) mass is 324 g/mol. The summed E-state index contributed by atoms with van der Waals surface area (Å²) in [6.07, 6.45) is 7.37. The Morgan fingerprint density at radius 3 is 2.81 bits per heavy atom. The van der Waals surface area contributed by atoms with Crippen molar-refractivity contribution < 1.29 is 4.79 Å². The van der Waals surface area contributed by atoms with E-state index in [0.29, 0.717) is 6.04 Å². The van der Waals surface area contributed by atoms with Crippen molar-refractivity contribution in [3.63, 3.8) is 0 Å². The van der Waals surface area contributed by atoms with Crippen LogP contribution in [0.3, 0.4) is 0 Å². The molecular formula is C16H21ClN2OS. The minimum absolute atomic E-state index is 0.104. The van der Waals surface area contributed by atoms with Gasteiger partial charge in [-0.1, -0.05) is 30.9 Å². The number of amides is 1. The van der Waals surface area contributed by atoms with E-state index in [2.05, 4.69) is 10.8 Å². The largest absolute Gasteiger partial charge is 0.312 e. The fraction of sp³-hybridized carbons (Fsp3) is 0.562. The molecule has 0 unspecified atom stereocenters. The molecule has 21 heavy (non-hydrogen) atoms. The first-order chi connectivity index (χ1) is 10.1. The van der Waals surface area contributed by atoms with Gasteiger partial charge in [-0.2, -0.15) is 0 Å². The van der Waals surface area contributed by atoms with E-state index in [1.54, 1.807) is 18.9 Å². The van der Waals surface area contributed by atoms with Crippen molar-refractivity contribution in [2.75, 3.05) is 11.4 Å². The van der Waals surface area contributed by atoms with E-state index < -0.39 is 0 Å². The molecule has 1 heterocycles. The summed E-state index contributed by atoms with van der Waals surface area (Å²) in [5.41, 5.74) is 2.21. The van der Waals surface area contributed by atoms with Gasteiger partial charge in [0.15, 0.2) is 0 Å². The summed E-state index contributed by atoms with van der Waals surface area (Å²) in [7, 11) is 0. The number of nitrogens with one attached hydrogen (secondary N) is 1. The zero-order valence-electron chi connectivity index (χ0n) is 12.3. The van der Waals surface area contributed by atoms with Crippen LogP contribution in [0.15, 0.2) is 17.0 Å². The van der Waals surface area contributed by atoms with E-state index in [-0.39, 0.29) is 5.91 Å². The minimum Gasteiger partial charge on any atom is -0.312 e. The van der Waals surface area contributed by atoms with E-state index in [9.17, 15) is 4.79 Å². The quantitative estimate of drug-likeness (QED) is 0.847. The summed E-state index contributed by atoms with van der Waals surface area (Å²) in [6, 6.07) is 4.66. The van der Waals surface area contributed by atoms with Gasteiger partial charge in [0, 0.05) is 30.1 Å². The molecule has 3 nitrogen and oxygen atoms in total. The number of carbonyl (C=O) groups excluding carboxylic acids is 1. The molecule has 0 radical (unpaired) electrons. The fourth-order valence-corrected chi connectivity index (χ4v) is 4.32. The molecule has 114 valence electrons. The van der Waals surface area contributed by atoms with Gasteiger partial charge in [-0.25, -0.2) is 0 Å². The maximum atomic E-state index is 11.7. The van der Waals surface area contributed by atoms with Crippen LogP contribution in [0.2, 0.25) is 5.02 Å². The molecule has 1 N–H and O–H groups in total. The number of fused-ring (bicyclic) bond motifs is 1. The highest BCUT2D eigenvalue weighted by Gasteiger charge is 2.24. The molecule has 2 aliphatic rings. The van der Waals surface area contributed by atoms with Crippen molar-refractivity contribution in [3.8, 4) is 0 Å². The molecule has 0 saturated heterocycles. The van der Waals surface area contributed by atoms with Crippen LogP contribution in [0.4, 0.5) is 5.69 Å². The van der Waals surface area contributed by atoms with Crippen LogP contribution >= 0.6 is 23.5 Å². The predicted molar refractivity (Wildman–Crippen MR) is 89.0 cm³/mol. The Morgan fingerprint density at radius 1 is 1.33 bits per heavy atom. The molecule has 1 aliphatic heterocycles. The van der Waals surface area contributed by atoms with Crippen LogP contribution in [-0.2, 0) is 11.2 Å². The Morgan fingerprint density at radius 2 is 2.10 bits per heavy atom. The van der Waals surface area contributed by atoms with E-state index >= 15 is 0 Å². The molecule has 1 fully saturated rings. The average molecular weight is 325 g/mol. The molecule has 1 aliphatic carbocycles. The molecular weight excluding hydrogens is 304 g/mol. The van der Waals surface area contributed by atoms with Crippen molar-refractivity contribution in [1.29, 1.82) is 0 Å². The first kappa shape index (κ1) is 15.2. The molecule has 3 rings (SSSR count). The van der Waals surface area contributed by atoms with Crippen molar-refractivity contribution in [3.05, 3.63) is 22.7 Å². The lowest BCUT2D eigenvalue weighted by atomic mass is 9.96. The number of carbonyl (C=O) groups is 1. The topological polar surface area (TPSA) is 32.3 Å². The number of rotatable bonds is 3. The molecule has 1 aromatic carbocycles. The Labute approximate surface area is 135 Å². The van der Waals surface area contributed by atoms with Crippen molar-refractivity contribution in [2.24, 2.45) is 0 Å². The van der Waals surface area contributed by atoms with Crippen molar-refractivity contribution >= 4 is 35.1 Å². The lowest BCUT2D eigenvalue weighted by molar-refractivity contribution is -0.116. The summed E-state index contributed by atoms with van der Waals surface area (Å²) < 4.78 is 3.54. The summed E-state index contributed by atoms with van der Waals surface area (Å²) in [5, 5.41) is 0.785. The van der Waals surface area contributed by atoms with Gasteiger partial charge in [-0.05, 0) is 48.9 Å². The number of hydrogen-bond donors (Lipinski definition) is 1. The molecule has 1 aromatic rings. The lowest BCUT2D eigenvalue weighted by Crippen LogP contribution is -2.26. The molecule has 1 amide bonds. The van der Waals surface area contributed by atoms with Gasteiger partial charge in [0.25, 0.3) is 0 Å². The normalized spacial score (nSPS) is 18.9. The molecule has 1 saturated carbocycles. The summed E-state index contributed by atoms with van der Waals surface area (Å²) in [4.78, 5) is 14.5. The Balaban J connectivity index is 1.73. The van der Waals surface area contributed by atoms with Crippen LogP contribution < -0.4 is 9.62 Å². The number of nitrogens with zero attached hydrogens (tertiary/aromatic N) is 1. The molecule has 0 aromatic heterocycles. The van der Waals surface area contributed by atoms with Gasteiger partial charge in [0.05, 0.1) is 5.02 Å². The maximum Gasteiger partial charge on any atom is 0.223 e. The highest BCUT2D eigenvalue weighted by molar-refractivity contribution is 7.97. The number of hydrogen-bond acceptors (Lipinski definition) is 3. The summed E-state index contributed by atoms with van der Waals surface area (Å²) >= 11 is 8.00. The number of benzene rings is 1. The predicted octanol–water partition coefficient (Wildman–Crippen LogP) is 4.18. The number of halogens is 1. The highest BCUT2D eigenvalue weighted by atomic mass is 35.5. The second-order valence-electron chi connectivity index (χ2n) is 5.89. The Bertz CT molecular complexity index is 543. The minimum atomic E-state index is 0.104. The van der Waals surface area contributed by atoms with Crippen LogP contribution in [0, 0.1) is 0 Å². The maximum absolute atomic E-state index is 11.7. The van der Waals surface area contributed by atoms with Crippen LogP contribution in [0.25, 0.3) is 0 Å². The van der Waals surface area contributed by atoms with E-state index in [1.165, 1.54) is 37.7 Å². The Hall–Kier alpha value is -0.710. The summed E-state index contributed by atoms with van der Waals surface area (Å²) in [5.74, 6) is 0.104. The third-order valence-corrected chi connectivity index (χ3v) is 5.78. The molecule has 0 atom stereocenters. The molecule has 5 heteroatoms. The zero-order valence-corrected chi connectivity index (χ0v) is 13.9. The second kappa shape index (κ2) is 6.59. The van der Waals surface area contributed by atoms with Crippen molar-refractivity contribution in [2.45, 2.75) is 56.4 Å². The SMILES string of the molecule is CC(=O)N1CCc2cc(Cl)c(SNC3CCCCC3)cc21. The second-order valence-corrected chi connectivity index (χ2v) is 7.17. The van der Waals surface area contributed by atoms with Crippen LogP contribution in [-0.4, -0.2) is 18.5 Å². The smallest absolute Gasteiger partial charge is 0.223 e. The van der Waals surface area contributed by atoms with Gasteiger partial charge in [-0.3, -0.25) is 9.52 Å². The zero-order chi connectivity index (χ0) is 14.8. The van der Waals surface area contributed by atoms with Gasteiger partial charge < -0.3 is 4.90 Å². The standard InChI is InChI=1S/C16H21ClN2OS/c1-11(20)19-8-7-12-9-14(17)16(10-15(12)19)21-18-13-5-3-2-4-6-13/h9-10,13,18H,2-8H2,1H3. The van der Waals surface area contributed by atoms with E-state index in [1.807, 2.05) is 11.0 Å². The average Bonchev–Trinajstić information content (AvgIpc) is 2.88. The number of anilines is 1. The third kappa shape index (κ3) is 3.38. The molecule has 0 spiro atoms. The van der Waals surface area contributed by atoms with Gasteiger partial charge in [0.2, 0.25) is 5.91 Å². The van der Waals surface area contributed by atoms with Crippen molar-refractivity contribution in [1.82, 2.24) is 4.72 Å². The summed E-state index contributed by atoms with van der Waals surface area (Å²) in [6.45, 7) is 2.39. The van der Waals surface area contributed by atoms with Gasteiger partial charge in [-0.15, -0.1) is 0 Å². The van der Waals surface area contributed by atoms with Crippen LogP contribution in [0.5, 0.6) is 0 Å². The van der Waals surface area contributed by atoms with Gasteiger partial charge >= 0.3 is 0 Å². The third-order valence-electron chi connectivity index (χ3n) is 4.35. The first-order valence-corrected chi connectivity index (χ1v) is 8.87. The first-order valence-electron chi connectivity index (χ1n) is 7.68. The van der Waals surface area contributed by atoms with Crippen LogP contribution in [0.1, 0.15) is 44.6 Å². The van der Waals surface area contributed by atoms with E-state index in [4.69, 9.17) is 11.6 Å².